The van der Waals surface area contributed by atoms with Crippen molar-refractivity contribution in [2.75, 3.05) is 18.1 Å². The van der Waals surface area contributed by atoms with E-state index in [1.165, 1.54) is 6.26 Å². The number of carbonyl (C=O) groups excluding carboxylic acids is 1. The molecule has 1 saturated heterocycles. The molecule has 2 aromatic rings. The van der Waals surface area contributed by atoms with Crippen molar-refractivity contribution < 1.29 is 9.21 Å². The minimum absolute atomic E-state index is 0.228. The first-order chi connectivity index (χ1) is 11.5. The van der Waals surface area contributed by atoms with Crippen LogP contribution in [0.15, 0.2) is 50.5 Å². The Kier molecular flexibility index (Phi) is 5.01. The minimum Gasteiger partial charge on any atom is -0.459 e. The van der Waals surface area contributed by atoms with E-state index in [1.54, 1.807) is 30.9 Å². The van der Waals surface area contributed by atoms with Crippen LogP contribution in [0, 0.1) is 0 Å². The summed E-state index contributed by atoms with van der Waals surface area (Å²) in [6, 6.07) is 9.26. The van der Waals surface area contributed by atoms with E-state index in [4.69, 9.17) is 4.42 Å². The van der Waals surface area contributed by atoms with Gasteiger partial charge in [-0.15, -0.1) is 0 Å². The van der Waals surface area contributed by atoms with Gasteiger partial charge in [-0.2, -0.15) is 0 Å². The van der Waals surface area contributed by atoms with Crippen molar-refractivity contribution >= 4 is 44.5 Å². The Morgan fingerprint density at radius 2 is 2.29 bits per heavy atom. The molecule has 7 heteroatoms. The maximum Gasteiger partial charge on any atom is 0.291 e. The molecule has 2 heterocycles. The van der Waals surface area contributed by atoms with Crippen LogP contribution in [-0.4, -0.2) is 23.9 Å². The van der Waals surface area contributed by atoms with Crippen molar-refractivity contribution in [1.29, 1.82) is 0 Å². The molecular formula is C17H18BrN3O2S. The molecule has 0 saturated carbocycles. The van der Waals surface area contributed by atoms with E-state index in [2.05, 4.69) is 44.5 Å². The van der Waals surface area contributed by atoms with Gasteiger partial charge in [0.25, 0.3) is 5.91 Å². The van der Waals surface area contributed by atoms with E-state index in [9.17, 15) is 4.79 Å². The Balaban J connectivity index is 1.87. The summed E-state index contributed by atoms with van der Waals surface area (Å²) in [5, 5.41) is 7.31. The second-order valence-corrected chi connectivity index (χ2v) is 7.74. The highest BCUT2D eigenvalue weighted by Crippen LogP contribution is 2.34. The molecule has 0 radical (unpaired) electrons. The number of halogens is 1. The van der Waals surface area contributed by atoms with Gasteiger partial charge >= 0.3 is 0 Å². The molecule has 1 aromatic heterocycles. The summed E-state index contributed by atoms with van der Waals surface area (Å²) in [4.78, 5) is 16.5. The predicted octanol–water partition coefficient (Wildman–Crippen LogP) is 4.22. The lowest BCUT2D eigenvalue weighted by Crippen LogP contribution is -2.46. The molecule has 3 rings (SSSR count). The van der Waals surface area contributed by atoms with E-state index in [-0.39, 0.29) is 17.2 Å². The third-order valence-electron chi connectivity index (χ3n) is 3.96. The smallest absolute Gasteiger partial charge is 0.291 e. The zero-order valence-electron chi connectivity index (χ0n) is 13.4. The quantitative estimate of drug-likeness (QED) is 0.798. The summed E-state index contributed by atoms with van der Waals surface area (Å²) in [6.45, 7) is 2.15. The number of amides is 1. The predicted molar refractivity (Wildman–Crippen MR) is 102 cm³/mol. The number of amidine groups is 1. The molecular weight excluding hydrogens is 390 g/mol. The number of rotatable bonds is 3. The molecule has 1 unspecified atom stereocenters. The van der Waals surface area contributed by atoms with Crippen LogP contribution in [0.3, 0.4) is 0 Å². The number of nitrogens with zero attached hydrogens (tertiary/aromatic N) is 1. The fourth-order valence-corrected chi connectivity index (χ4v) is 4.23. The van der Waals surface area contributed by atoms with E-state index < -0.39 is 0 Å². The SMILES string of the molecule is CN=C1NC(C)(c2cc(Br)cc(NC(=O)c3ccco3)c2)CCS1. The first-order valence-electron chi connectivity index (χ1n) is 7.54. The lowest BCUT2D eigenvalue weighted by molar-refractivity contribution is 0.0996. The number of hydrogen-bond donors (Lipinski definition) is 2. The number of benzene rings is 1. The van der Waals surface area contributed by atoms with Crippen LogP contribution in [0.4, 0.5) is 5.69 Å². The normalized spacial score (nSPS) is 22.2. The van der Waals surface area contributed by atoms with Crippen LogP contribution < -0.4 is 10.6 Å². The van der Waals surface area contributed by atoms with Crippen molar-refractivity contribution in [1.82, 2.24) is 5.32 Å². The number of nitrogens with one attached hydrogen (secondary N) is 2. The molecule has 1 amide bonds. The van der Waals surface area contributed by atoms with Crippen LogP contribution in [-0.2, 0) is 5.54 Å². The number of carbonyl (C=O) groups is 1. The second kappa shape index (κ2) is 7.03. The van der Waals surface area contributed by atoms with Gasteiger partial charge in [0.1, 0.15) is 0 Å². The van der Waals surface area contributed by atoms with Gasteiger partial charge in [0.05, 0.1) is 11.8 Å². The lowest BCUT2D eigenvalue weighted by Gasteiger charge is -2.36. The van der Waals surface area contributed by atoms with Gasteiger partial charge in [-0.1, -0.05) is 27.7 Å². The van der Waals surface area contributed by atoms with Crippen molar-refractivity contribution in [3.8, 4) is 0 Å². The van der Waals surface area contributed by atoms with Gasteiger partial charge in [-0.3, -0.25) is 9.79 Å². The van der Waals surface area contributed by atoms with Crippen LogP contribution >= 0.6 is 27.7 Å². The monoisotopic (exact) mass is 407 g/mol. The first kappa shape index (κ1) is 17.1. The van der Waals surface area contributed by atoms with Gasteiger partial charge < -0.3 is 15.1 Å². The van der Waals surface area contributed by atoms with Gasteiger partial charge in [0, 0.05) is 23.0 Å². The first-order valence-corrected chi connectivity index (χ1v) is 9.32. The summed E-state index contributed by atoms with van der Waals surface area (Å²) >= 11 is 5.26. The highest BCUT2D eigenvalue weighted by atomic mass is 79.9. The lowest BCUT2D eigenvalue weighted by atomic mass is 9.89. The maximum atomic E-state index is 12.2. The number of aliphatic imine (C=N–C) groups is 1. The number of thioether (sulfide) groups is 1. The topological polar surface area (TPSA) is 66.6 Å². The molecule has 126 valence electrons. The van der Waals surface area contributed by atoms with E-state index in [0.717, 1.165) is 33.1 Å². The maximum absolute atomic E-state index is 12.2. The minimum atomic E-state index is -0.267. The van der Waals surface area contributed by atoms with Crippen LogP contribution in [0.25, 0.3) is 0 Å². The summed E-state index contributed by atoms with van der Waals surface area (Å²) < 4.78 is 6.05. The molecule has 2 N–H and O–H groups in total. The summed E-state index contributed by atoms with van der Waals surface area (Å²) in [7, 11) is 1.79. The summed E-state index contributed by atoms with van der Waals surface area (Å²) in [6.07, 6.45) is 2.45. The Labute approximate surface area is 153 Å². The van der Waals surface area contributed by atoms with Gasteiger partial charge in [-0.25, -0.2) is 0 Å². The third-order valence-corrected chi connectivity index (χ3v) is 5.39. The van der Waals surface area contributed by atoms with E-state index in [0.29, 0.717) is 0 Å². The molecule has 1 fully saturated rings. The van der Waals surface area contributed by atoms with E-state index in [1.807, 2.05) is 12.1 Å². The van der Waals surface area contributed by atoms with Crippen molar-refractivity contribution in [3.05, 3.63) is 52.4 Å². The highest BCUT2D eigenvalue weighted by molar-refractivity contribution is 9.10. The molecule has 1 aliphatic heterocycles. The average molecular weight is 408 g/mol. The molecule has 5 nitrogen and oxygen atoms in total. The third kappa shape index (κ3) is 3.67. The Hall–Kier alpha value is -1.73. The fourth-order valence-electron chi connectivity index (χ4n) is 2.60. The Bertz CT molecular complexity index is 776. The van der Waals surface area contributed by atoms with Crippen molar-refractivity contribution in [2.24, 2.45) is 4.99 Å². The van der Waals surface area contributed by atoms with Gasteiger partial charge in [0.15, 0.2) is 10.9 Å². The van der Waals surface area contributed by atoms with Crippen molar-refractivity contribution in [2.45, 2.75) is 18.9 Å². The van der Waals surface area contributed by atoms with Gasteiger partial charge in [0.2, 0.25) is 0 Å². The molecule has 24 heavy (non-hydrogen) atoms. The number of furan rings is 1. The molecule has 1 atom stereocenters. The largest absolute Gasteiger partial charge is 0.459 e. The second-order valence-electron chi connectivity index (χ2n) is 5.74. The average Bonchev–Trinajstić information content (AvgIpc) is 3.09. The highest BCUT2D eigenvalue weighted by Gasteiger charge is 2.32. The molecule has 0 spiro atoms. The summed E-state index contributed by atoms with van der Waals surface area (Å²) in [5.41, 5.74) is 1.58. The Morgan fingerprint density at radius 1 is 1.46 bits per heavy atom. The Morgan fingerprint density at radius 3 is 3.00 bits per heavy atom. The molecule has 1 aliphatic rings. The van der Waals surface area contributed by atoms with Crippen molar-refractivity contribution in [3.63, 3.8) is 0 Å². The van der Waals surface area contributed by atoms with Gasteiger partial charge in [-0.05, 0) is 49.2 Å². The zero-order chi connectivity index (χ0) is 17.2. The molecule has 0 aliphatic carbocycles. The molecule has 1 aromatic carbocycles. The van der Waals surface area contributed by atoms with Crippen LogP contribution in [0.2, 0.25) is 0 Å². The molecule has 0 bridgehead atoms. The van der Waals surface area contributed by atoms with E-state index >= 15 is 0 Å². The zero-order valence-corrected chi connectivity index (χ0v) is 15.8. The fraction of sp³-hybridized carbons (Fsp3) is 0.294. The standard InChI is InChI=1S/C17H18BrN3O2S/c1-17(5-7-24-16(19-2)21-17)11-8-12(18)10-13(9-11)20-15(22)14-4-3-6-23-14/h3-4,6,8-10H,5,7H2,1-2H3,(H,19,21)(H,20,22). The van der Waals surface area contributed by atoms with Crippen LogP contribution in [0.1, 0.15) is 29.5 Å². The van der Waals surface area contributed by atoms with Crippen LogP contribution in [0.5, 0.6) is 0 Å². The number of anilines is 1. The number of hydrogen-bond acceptors (Lipinski definition) is 4. The summed E-state index contributed by atoms with van der Waals surface area (Å²) in [5.74, 6) is 1.02.